The lowest BCUT2D eigenvalue weighted by Crippen LogP contribution is -2.34. The van der Waals surface area contributed by atoms with Gasteiger partial charge in [-0.25, -0.2) is 12.8 Å². The molecule has 1 aliphatic heterocycles. The molecular formula is C20H22FNO5S. The highest BCUT2D eigenvalue weighted by atomic mass is 32.2. The molecule has 0 radical (unpaired) electrons. The van der Waals surface area contributed by atoms with Crippen LogP contribution in [0.5, 0.6) is 5.75 Å². The van der Waals surface area contributed by atoms with Gasteiger partial charge in [0.05, 0.1) is 11.9 Å². The van der Waals surface area contributed by atoms with Crippen molar-refractivity contribution in [1.82, 2.24) is 0 Å². The molecule has 2 aromatic carbocycles. The average Bonchev–Trinajstić information content (AvgIpc) is 2.64. The van der Waals surface area contributed by atoms with Crippen LogP contribution in [0.15, 0.2) is 36.4 Å². The number of hydrogen-bond donors (Lipinski definition) is 1. The number of hydrogen-bond acceptors (Lipinski definition) is 4. The summed E-state index contributed by atoms with van der Waals surface area (Å²) in [6.07, 6.45) is 2.67. The van der Waals surface area contributed by atoms with Crippen molar-refractivity contribution in [2.24, 2.45) is 0 Å². The van der Waals surface area contributed by atoms with Crippen LogP contribution in [-0.4, -0.2) is 32.3 Å². The maximum atomic E-state index is 14.2. The van der Waals surface area contributed by atoms with Crippen molar-refractivity contribution in [2.45, 2.75) is 32.3 Å². The molecule has 6 nitrogen and oxygen atoms in total. The second-order valence-electron chi connectivity index (χ2n) is 6.81. The van der Waals surface area contributed by atoms with Gasteiger partial charge in [-0.1, -0.05) is 24.3 Å². The normalized spacial score (nSPS) is 13.9. The Morgan fingerprint density at radius 3 is 2.75 bits per heavy atom. The van der Waals surface area contributed by atoms with E-state index in [1.807, 2.05) is 12.1 Å². The first-order valence-corrected chi connectivity index (χ1v) is 10.8. The molecule has 0 unspecified atom stereocenters. The maximum Gasteiger partial charge on any atom is 0.303 e. The number of halogens is 1. The Morgan fingerprint density at radius 2 is 2.07 bits per heavy atom. The summed E-state index contributed by atoms with van der Waals surface area (Å²) in [5.74, 6) is -1.01. The van der Waals surface area contributed by atoms with Gasteiger partial charge in [0.1, 0.15) is 18.2 Å². The van der Waals surface area contributed by atoms with Crippen LogP contribution in [0.3, 0.4) is 0 Å². The van der Waals surface area contributed by atoms with Crippen LogP contribution in [0.25, 0.3) is 0 Å². The van der Waals surface area contributed by atoms with Crippen molar-refractivity contribution in [1.29, 1.82) is 0 Å². The Balaban J connectivity index is 1.79. The Hall–Kier alpha value is -2.61. The number of fused-ring (bicyclic) bond motifs is 1. The summed E-state index contributed by atoms with van der Waals surface area (Å²) in [6, 6.07) is 9.97. The molecule has 0 aromatic heterocycles. The van der Waals surface area contributed by atoms with Gasteiger partial charge in [0, 0.05) is 13.0 Å². The van der Waals surface area contributed by atoms with Crippen molar-refractivity contribution in [3.8, 4) is 5.75 Å². The fourth-order valence-electron chi connectivity index (χ4n) is 3.31. The van der Waals surface area contributed by atoms with E-state index in [0.29, 0.717) is 29.1 Å². The van der Waals surface area contributed by atoms with Gasteiger partial charge < -0.3 is 9.84 Å². The van der Waals surface area contributed by atoms with Crippen molar-refractivity contribution < 1.29 is 27.4 Å². The topological polar surface area (TPSA) is 83.9 Å². The fourth-order valence-corrected chi connectivity index (χ4v) is 4.31. The number of benzene rings is 2. The molecule has 0 atom stereocenters. The number of anilines is 1. The smallest absolute Gasteiger partial charge is 0.303 e. The van der Waals surface area contributed by atoms with E-state index in [0.717, 1.165) is 18.4 Å². The molecule has 150 valence electrons. The van der Waals surface area contributed by atoms with E-state index in [1.54, 1.807) is 18.2 Å². The second kappa shape index (κ2) is 8.18. The minimum Gasteiger partial charge on any atom is -0.487 e. The number of aliphatic carboxylic acids is 1. The zero-order chi connectivity index (χ0) is 20.3. The number of aryl methyl sites for hydroxylation is 2. The van der Waals surface area contributed by atoms with E-state index in [9.17, 15) is 17.6 Å². The van der Waals surface area contributed by atoms with E-state index >= 15 is 0 Å². The third-order valence-electron chi connectivity index (χ3n) is 4.66. The van der Waals surface area contributed by atoms with E-state index in [-0.39, 0.29) is 19.4 Å². The summed E-state index contributed by atoms with van der Waals surface area (Å²) in [6.45, 7) is 0.475. The highest BCUT2D eigenvalue weighted by Gasteiger charge is 2.27. The van der Waals surface area contributed by atoms with Crippen LogP contribution in [0.1, 0.15) is 29.5 Å². The number of carboxylic acid groups (broad SMARTS) is 1. The first-order chi connectivity index (χ1) is 13.3. The zero-order valence-corrected chi connectivity index (χ0v) is 16.3. The second-order valence-corrected chi connectivity index (χ2v) is 8.72. The van der Waals surface area contributed by atoms with Crippen LogP contribution in [0, 0.1) is 5.82 Å². The third-order valence-corrected chi connectivity index (χ3v) is 5.83. The number of sulfonamides is 1. The molecular weight excluding hydrogens is 385 g/mol. The Kier molecular flexibility index (Phi) is 5.88. The van der Waals surface area contributed by atoms with Crippen LogP contribution < -0.4 is 9.04 Å². The van der Waals surface area contributed by atoms with Gasteiger partial charge in [0.2, 0.25) is 10.0 Å². The summed E-state index contributed by atoms with van der Waals surface area (Å²) in [4.78, 5) is 10.6. The van der Waals surface area contributed by atoms with Crippen LogP contribution in [-0.2, 0) is 34.3 Å². The molecule has 8 heteroatoms. The molecule has 0 saturated heterocycles. The Morgan fingerprint density at radius 1 is 1.29 bits per heavy atom. The largest absolute Gasteiger partial charge is 0.487 e. The summed E-state index contributed by atoms with van der Waals surface area (Å²) in [7, 11) is -3.43. The minimum absolute atomic E-state index is 0.0736. The van der Waals surface area contributed by atoms with Gasteiger partial charge in [-0.15, -0.1) is 0 Å². The van der Waals surface area contributed by atoms with Crippen LogP contribution in [0.4, 0.5) is 10.1 Å². The van der Waals surface area contributed by atoms with Gasteiger partial charge in [0.15, 0.2) is 0 Å². The summed E-state index contributed by atoms with van der Waals surface area (Å²) in [5.41, 5.74) is 2.38. The van der Waals surface area contributed by atoms with Gasteiger partial charge in [0.25, 0.3) is 0 Å². The molecule has 28 heavy (non-hydrogen) atoms. The predicted octanol–water partition coefficient (Wildman–Crippen LogP) is 3.13. The van der Waals surface area contributed by atoms with E-state index in [2.05, 4.69) is 0 Å². The quantitative estimate of drug-likeness (QED) is 0.762. The molecule has 0 bridgehead atoms. The standard InChI is InChI=1S/C20H22FNO5S/c1-28(25,26)22-11-3-5-16-4-2-6-18(20(16)22)27-13-14-7-8-15(17(21)12-14)9-10-19(23)24/h2,4,6-8,12H,3,5,9-11,13H2,1H3,(H,23,24). The summed E-state index contributed by atoms with van der Waals surface area (Å²) >= 11 is 0. The van der Waals surface area contributed by atoms with Crippen molar-refractivity contribution in [3.63, 3.8) is 0 Å². The average molecular weight is 407 g/mol. The molecule has 3 rings (SSSR count). The molecule has 1 aliphatic rings. The number of para-hydroxylation sites is 1. The molecule has 0 aliphatic carbocycles. The number of nitrogens with zero attached hydrogens (tertiary/aromatic N) is 1. The lowest BCUT2D eigenvalue weighted by atomic mass is 10.0. The number of carbonyl (C=O) groups is 1. The molecule has 0 fully saturated rings. The van der Waals surface area contributed by atoms with Gasteiger partial charge in [-0.2, -0.15) is 0 Å². The molecule has 0 saturated carbocycles. The summed E-state index contributed by atoms with van der Waals surface area (Å²) in [5, 5.41) is 8.72. The van der Waals surface area contributed by atoms with Gasteiger partial charge in [-0.3, -0.25) is 9.10 Å². The SMILES string of the molecule is CS(=O)(=O)N1CCCc2cccc(OCc3ccc(CCC(=O)O)c(F)c3)c21. The van der Waals surface area contributed by atoms with Crippen LogP contribution >= 0.6 is 0 Å². The molecule has 0 amide bonds. The summed E-state index contributed by atoms with van der Waals surface area (Å²) < 4.78 is 45.7. The molecule has 1 heterocycles. The molecule has 2 aromatic rings. The lowest BCUT2D eigenvalue weighted by molar-refractivity contribution is -0.136. The highest BCUT2D eigenvalue weighted by molar-refractivity contribution is 7.92. The predicted molar refractivity (Wildman–Crippen MR) is 104 cm³/mol. The lowest BCUT2D eigenvalue weighted by Gasteiger charge is -2.30. The van der Waals surface area contributed by atoms with Gasteiger partial charge >= 0.3 is 5.97 Å². The van der Waals surface area contributed by atoms with Gasteiger partial charge in [-0.05, 0) is 48.1 Å². The Labute approximate surface area is 163 Å². The maximum absolute atomic E-state index is 14.2. The first-order valence-electron chi connectivity index (χ1n) is 8.97. The monoisotopic (exact) mass is 407 g/mol. The first kappa shape index (κ1) is 20.1. The molecule has 1 N–H and O–H groups in total. The molecule has 0 spiro atoms. The van der Waals surface area contributed by atoms with Crippen LogP contribution in [0.2, 0.25) is 0 Å². The minimum atomic E-state index is -3.43. The highest BCUT2D eigenvalue weighted by Crippen LogP contribution is 2.38. The third kappa shape index (κ3) is 4.62. The zero-order valence-electron chi connectivity index (χ0n) is 15.5. The Bertz CT molecular complexity index is 990. The van der Waals surface area contributed by atoms with Crippen molar-refractivity contribution >= 4 is 21.7 Å². The van der Waals surface area contributed by atoms with E-state index < -0.39 is 21.8 Å². The van der Waals surface area contributed by atoms with Crippen molar-refractivity contribution in [2.75, 3.05) is 17.1 Å². The number of ether oxygens (including phenoxy) is 1. The van der Waals surface area contributed by atoms with E-state index in [4.69, 9.17) is 9.84 Å². The fraction of sp³-hybridized carbons (Fsp3) is 0.350. The number of rotatable bonds is 7. The van der Waals surface area contributed by atoms with Crippen molar-refractivity contribution in [3.05, 3.63) is 58.9 Å². The number of carboxylic acids is 1. The van der Waals surface area contributed by atoms with E-state index in [1.165, 1.54) is 16.6 Å².